The summed E-state index contributed by atoms with van der Waals surface area (Å²) in [5.41, 5.74) is 5.52. The Hall–Kier alpha value is -0.740. The summed E-state index contributed by atoms with van der Waals surface area (Å²) < 4.78 is 13.0. The highest BCUT2D eigenvalue weighted by Gasteiger charge is 2.03. The molecule has 2 nitrogen and oxygen atoms in total. The van der Waals surface area contributed by atoms with Crippen molar-refractivity contribution in [3.8, 4) is 0 Å². The van der Waals surface area contributed by atoms with Gasteiger partial charge in [-0.3, -0.25) is 0 Å². The predicted octanol–water partition coefficient (Wildman–Crippen LogP) is 2.13. The van der Waals surface area contributed by atoms with Crippen LogP contribution in [0.2, 0.25) is 0 Å². The quantitative estimate of drug-likeness (QED) is 0.597. The van der Waals surface area contributed by atoms with Gasteiger partial charge in [-0.25, -0.2) is 4.39 Å². The van der Waals surface area contributed by atoms with Gasteiger partial charge in [-0.2, -0.15) is 0 Å². The third-order valence-electron chi connectivity index (χ3n) is 1.82. The van der Waals surface area contributed by atoms with Crippen LogP contribution < -0.4 is 5.73 Å². The molecule has 0 spiro atoms. The first-order valence-corrected chi connectivity index (χ1v) is 5.40. The molecular weight excluding hydrogens is 201 g/mol. The molecule has 0 aliphatic carbocycles. The van der Waals surface area contributed by atoms with Crippen molar-refractivity contribution >= 4 is 17.4 Å². The van der Waals surface area contributed by atoms with Gasteiger partial charge in [0.15, 0.2) is 0 Å². The summed E-state index contributed by atoms with van der Waals surface area (Å²) in [6, 6.07) is 4.76. The standard InChI is InChI=1S/C10H14FNOS/c1-7(5-13)6-14-8-2-3-10(12)9(11)4-8/h2-4,7,13H,5-6,12H2,1H3. The molecule has 1 aromatic carbocycles. The number of rotatable bonds is 4. The molecule has 1 aromatic rings. The molecule has 0 aliphatic rings. The molecule has 0 radical (unpaired) electrons. The van der Waals surface area contributed by atoms with Gasteiger partial charge in [-0.15, -0.1) is 11.8 Å². The van der Waals surface area contributed by atoms with Crippen LogP contribution in [0.25, 0.3) is 0 Å². The molecule has 1 rings (SSSR count). The lowest BCUT2D eigenvalue weighted by molar-refractivity contribution is 0.250. The predicted molar refractivity (Wildman–Crippen MR) is 57.8 cm³/mol. The Morgan fingerprint density at radius 2 is 2.29 bits per heavy atom. The van der Waals surface area contributed by atoms with Crippen molar-refractivity contribution in [2.75, 3.05) is 18.1 Å². The minimum atomic E-state index is -0.383. The SMILES string of the molecule is CC(CO)CSc1ccc(N)c(F)c1. The largest absolute Gasteiger partial charge is 0.396 e. The van der Waals surface area contributed by atoms with Crippen molar-refractivity contribution in [3.63, 3.8) is 0 Å². The van der Waals surface area contributed by atoms with Crippen LogP contribution in [0.3, 0.4) is 0 Å². The Morgan fingerprint density at radius 3 is 2.86 bits per heavy atom. The molecule has 0 fully saturated rings. The average Bonchev–Trinajstić information content (AvgIpc) is 2.19. The van der Waals surface area contributed by atoms with Crippen molar-refractivity contribution in [1.82, 2.24) is 0 Å². The number of halogens is 1. The Labute approximate surface area is 87.3 Å². The van der Waals surface area contributed by atoms with Gasteiger partial charge >= 0.3 is 0 Å². The fourth-order valence-corrected chi connectivity index (χ4v) is 1.82. The molecule has 1 atom stereocenters. The van der Waals surface area contributed by atoms with Gasteiger partial charge in [-0.05, 0) is 24.1 Å². The molecule has 14 heavy (non-hydrogen) atoms. The Balaban J connectivity index is 2.55. The van der Waals surface area contributed by atoms with Crippen molar-refractivity contribution in [1.29, 1.82) is 0 Å². The minimum absolute atomic E-state index is 0.157. The number of aliphatic hydroxyl groups is 1. The van der Waals surface area contributed by atoms with Gasteiger partial charge in [-0.1, -0.05) is 6.92 Å². The van der Waals surface area contributed by atoms with E-state index < -0.39 is 0 Å². The summed E-state index contributed by atoms with van der Waals surface area (Å²) in [4.78, 5) is 0.844. The molecule has 0 amide bonds. The molecule has 0 saturated heterocycles. The molecule has 0 heterocycles. The van der Waals surface area contributed by atoms with E-state index in [1.54, 1.807) is 12.1 Å². The maximum atomic E-state index is 13.0. The molecule has 1 unspecified atom stereocenters. The fraction of sp³-hybridized carbons (Fsp3) is 0.400. The van der Waals surface area contributed by atoms with Crippen LogP contribution in [0.15, 0.2) is 23.1 Å². The van der Waals surface area contributed by atoms with Crippen LogP contribution in [-0.4, -0.2) is 17.5 Å². The maximum absolute atomic E-state index is 13.0. The molecule has 78 valence electrons. The van der Waals surface area contributed by atoms with Crippen molar-refractivity contribution in [3.05, 3.63) is 24.0 Å². The van der Waals surface area contributed by atoms with E-state index in [2.05, 4.69) is 0 Å². The minimum Gasteiger partial charge on any atom is -0.396 e. The van der Waals surface area contributed by atoms with Gasteiger partial charge in [0.25, 0.3) is 0 Å². The first-order valence-electron chi connectivity index (χ1n) is 4.42. The molecule has 0 bridgehead atoms. The van der Waals surface area contributed by atoms with E-state index in [0.717, 1.165) is 10.6 Å². The van der Waals surface area contributed by atoms with Crippen LogP contribution in [0.5, 0.6) is 0 Å². The van der Waals surface area contributed by atoms with Crippen LogP contribution in [0.4, 0.5) is 10.1 Å². The lowest BCUT2D eigenvalue weighted by atomic mass is 10.2. The Morgan fingerprint density at radius 1 is 1.57 bits per heavy atom. The highest BCUT2D eigenvalue weighted by molar-refractivity contribution is 7.99. The van der Waals surface area contributed by atoms with Gasteiger partial charge in [0.2, 0.25) is 0 Å². The molecule has 3 N–H and O–H groups in total. The fourth-order valence-electron chi connectivity index (χ4n) is 0.889. The third kappa shape index (κ3) is 3.20. The van der Waals surface area contributed by atoms with Crippen LogP contribution in [-0.2, 0) is 0 Å². The molecule has 0 aromatic heterocycles. The zero-order chi connectivity index (χ0) is 10.6. The number of hydrogen-bond acceptors (Lipinski definition) is 3. The topological polar surface area (TPSA) is 46.2 Å². The highest BCUT2D eigenvalue weighted by atomic mass is 32.2. The zero-order valence-electron chi connectivity index (χ0n) is 8.03. The Bertz CT molecular complexity index is 306. The van der Waals surface area contributed by atoms with E-state index in [1.165, 1.54) is 17.8 Å². The third-order valence-corrected chi connectivity index (χ3v) is 3.14. The molecule has 0 aliphatic heterocycles. The van der Waals surface area contributed by atoms with Crippen LogP contribution in [0, 0.1) is 11.7 Å². The number of anilines is 1. The number of hydrogen-bond donors (Lipinski definition) is 2. The summed E-state index contributed by atoms with van der Waals surface area (Å²) in [5, 5.41) is 8.80. The van der Waals surface area contributed by atoms with Crippen LogP contribution >= 0.6 is 11.8 Å². The zero-order valence-corrected chi connectivity index (χ0v) is 8.85. The van der Waals surface area contributed by atoms with Gasteiger partial charge < -0.3 is 10.8 Å². The van der Waals surface area contributed by atoms with E-state index in [9.17, 15) is 4.39 Å². The summed E-state index contributed by atoms with van der Waals surface area (Å²) in [5.74, 6) is 0.618. The summed E-state index contributed by atoms with van der Waals surface area (Å²) in [6.45, 7) is 2.10. The second kappa shape index (κ2) is 5.22. The normalized spacial score (nSPS) is 12.8. The van der Waals surface area contributed by atoms with Crippen molar-refractivity contribution < 1.29 is 9.50 Å². The summed E-state index contributed by atoms with van der Waals surface area (Å²) in [6.07, 6.45) is 0. The molecular formula is C10H14FNOS. The number of aliphatic hydroxyl groups excluding tert-OH is 1. The van der Waals surface area contributed by atoms with E-state index >= 15 is 0 Å². The van der Waals surface area contributed by atoms with E-state index in [4.69, 9.17) is 10.8 Å². The number of thioether (sulfide) groups is 1. The monoisotopic (exact) mass is 215 g/mol. The second-order valence-corrected chi connectivity index (χ2v) is 4.38. The van der Waals surface area contributed by atoms with E-state index in [1.807, 2.05) is 6.92 Å². The van der Waals surface area contributed by atoms with E-state index in [-0.39, 0.29) is 24.0 Å². The average molecular weight is 215 g/mol. The van der Waals surface area contributed by atoms with Crippen molar-refractivity contribution in [2.24, 2.45) is 5.92 Å². The number of nitrogen functional groups attached to an aromatic ring is 1. The van der Waals surface area contributed by atoms with Gasteiger partial charge in [0, 0.05) is 17.3 Å². The van der Waals surface area contributed by atoms with Gasteiger partial charge in [0.1, 0.15) is 5.82 Å². The Kier molecular flexibility index (Phi) is 4.22. The number of nitrogens with two attached hydrogens (primary N) is 1. The second-order valence-electron chi connectivity index (χ2n) is 3.28. The summed E-state index contributed by atoms with van der Waals surface area (Å²) in [7, 11) is 0. The first kappa shape index (κ1) is 11.3. The molecule has 4 heteroatoms. The van der Waals surface area contributed by atoms with E-state index in [0.29, 0.717) is 0 Å². The number of benzene rings is 1. The molecule has 0 saturated carbocycles. The lowest BCUT2D eigenvalue weighted by Crippen LogP contribution is -2.03. The maximum Gasteiger partial charge on any atom is 0.147 e. The summed E-state index contributed by atoms with van der Waals surface area (Å²) >= 11 is 1.52. The van der Waals surface area contributed by atoms with Gasteiger partial charge in [0.05, 0.1) is 5.69 Å². The van der Waals surface area contributed by atoms with Crippen molar-refractivity contribution in [2.45, 2.75) is 11.8 Å². The smallest absolute Gasteiger partial charge is 0.147 e. The first-order chi connectivity index (χ1) is 6.63. The lowest BCUT2D eigenvalue weighted by Gasteiger charge is -2.07. The van der Waals surface area contributed by atoms with Crippen LogP contribution in [0.1, 0.15) is 6.92 Å². The highest BCUT2D eigenvalue weighted by Crippen LogP contribution is 2.23.